The lowest BCUT2D eigenvalue weighted by molar-refractivity contribution is 0.0663. The summed E-state index contributed by atoms with van der Waals surface area (Å²) in [6.45, 7) is 1.83. The molecule has 0 bridgehead atoms. The summed E-state index contributed by atoms with van der Waals surface area (Å²) in [7, 11) is 0. The van der Waals surface area contributed by atoms with Crippen LogP contribution in [0.25, 0.3) is 11.3 Å². The standard InChI is InChI=1S/C11H10N2O3/c1-6-4-7(5-13-10(6)12)8-2-3-9(16-8)11(14)15/h2-5H,1H3,(H2,12,13)(H,14,15). The van der Waals surface area contributed by atoms with Gasteiger partial charge < -0.3 is 15.3 Å². The van der Waals surface area contributed by atoms with Gasteiger partial charge in [-0.3, -0.25) is 0 Å². The Morgan fingerprint density at radius 1 is 1.50 bits per heavy atom. The number of aryl methyl sites for hydroxylation is 1. The van der Waals surface area contributed by atoms with Gasteiger partial charge in [-0.1, -0.05) is 0 Å². The Kier molecular flexibility index (Phi) is 2.36. The molecule has 2 rings (SSSR count). The van der Waals surface area contributed by atoms with Gasteiger partial charge in [-0.25, -0.2) is 9.78 Å². The molecule has 0 radical (unpaired) electrons. The zero-order chi connectivity index (χ0) is 11.7. The van der Waals surface area contributed by atoms with Gasteiger partial charge in [-0.2, -0.15) is 0 Å². The average molecular weight is 218 g/mol. The number of carbonyl (C=O) groups is 1. The molecule has 0 saturated carbocycles. The van der Waals surface area contributed by atoms with Crippen molar-refractivity contribution in [2.75, 3.05) is 5.73 Å². The van der Waals surface area contributed by atoms with E-state index in [0.717, 1.165) is 5.56 Å². The highest BCUT2D eigenvalue weighted by molar-refractivity contribution is 5.85. The number of aromatic nitrogens is 1. The fourth-order valence-corrected chi connectivity index (χ4v) is 1.33. The van der Waals surface area contributed by atoms with E-state index in [-0.39, 0.29) is 5.76 Å². The Morgan fingerprint density at radius 2 is 2.25 bits per heavy atom. The Balaban J connectivity index is 2.42. The topological polar surface area (TPSA) is 89.3 Å². The lowest BCUT2D eigenvalue weighted by Gasteiger charge is -2.01. The van der Waals surface area contributed by atoms with Crippen molar-refractivity contribution in [1.82, 2.24) is 4.98 Å². The van der Waals surface area contributed by atoms with Crippen LogP contribution in [0.3, 0.4) is 0 Å². The van der Waals surface area contributed by atoms with E-state index in [4.69, 9.17) is 15.3 Å². The summed E-state index contributed by atoms with van der Waals surface area (Å²) in [5.74, 6) is -0.266. The Hall–Kier alpha value is -2.30. The molecule has 2 heterocycles. The van der Waals surface area contributed by atoms with Crippen LogP contribution in [-0.2, 0) is 0 Å². The third kappa shape index (κ3) is 1.75. The molecule has 2 aromatic rings. The van der Waals surface area contributed by atoms with Gasteiger partial charge in [0.2, 0.25) is 5.76 Å². The first-order valence-corrected chi connectivity index (χ1v) is 4.63. The minimum Gasteiger partial charge on any atom is -0.475 e. The highest BCUT2D eigenvalue weighted by Gasteiger charge is 2.11. The normalized spacial score (nSPS) is 10.3. The molecular weight excluding hydrogens is 208 g/mol. The molecule has 0 unspecified atom stereocenters. The first-order chi connectivity index (χ1) is 7.58. The summed E-state index contributed by atoms with van der Waals surface area (Å²) in [4.78, 5) is 14.6. The third-order valence-electron chi connectivity index (χ3n) is 2.22. The van der Waals surface area contributed by atoms with Crippen molar-refractivity contribution >= 4 is 11.8 Å². The van der Waals surface area contributed by atoms with Crippen LogP contribution in [0.2, 0.25) is 0 Å². The molecule has 0 aliphatic rings. The molecule has 0 spiro atoms. The van der Waals surface area contributed by atoms with Crippen molar-refractivity contribution in [3.8, 4) is 11.3 Å². The number of carboxylic acid groups (broad SMARTS) is 1. The van der Waals surface area contributed by atoms with Crippen molar-refractivity contribution < 1.29 is 14.3 Å². The van der Waals surface area contributed by atoms with Gasteiger partial charge in [-0.15, -0.1) is 0 Å². The minimum absolute atomic E-state index is 0.0931. The van der Waals surface area contributed by atoms with Crippen molar-refractivity contribution in [1.29, 1.82) is 0 Å². The number of pyridine rings is 1. The van der Waals surface area contributed by atoms with Crippen molar-refractivity contribution in [2.45, 2.75) is 6.92 Å². The van der Waals surface area contributed by atoms with Gasteiger partial charge in [0.15, 0.2) is 0 Å². The van der Waals surface area contributed by atoms with E-state index < -0.39 is 5.97 Å². The SMILES string of the molecule is Cc1cc(-c2ccc(C(=O)O)o2)cnc1N. The Bertz CT molecular complexity index is 546. The van der Waals surface area contributed by atoms with E-state index >= 15 is 0 Å². The highest BCUT2D eigenvalue weighted by atomic mass is 16.4. The van der Waals surface area contributed by atoms with E-state index in [9.17, 15) is 4.79 Å². The number of aromatic carboxylic acids is 1. The minimum atomic E-state index is -1.09. The van der Waals surface area contributed by atoms with Crippen LogP contribution < -0.4 is 5.73 Å². The monoisotopic (exact) mass is 218 g/mol. The Morgan fingerprint density at radius 3 is 2.81 bits per heavy atom. The molecule has 0 aromatic carbocycles. The lowest BCUT2D eigenvalue weighted by Crippen LogP contribution is -1.94. The van der Waals surface area contributed by atoms with Crippen molar-refractivity contribution in [3.63, 3.8) is 0 Å². The van der Waals surface area contributed by atoms with E-state index in [1.54, 1.807) is 18.3 Å². The number of hydrogen-bond acceptors (Lipinski definition) is 4. The number of hydrogen-bond donors (Lipinski definition) is 2. The second-order valence-corrected chi connectivity index (χ2v) is 3.40. The number of rotatable bonds is 2. The zero-order valence-corrected chi connectivity index (χ0v) is 8.60. The first kappa shape index (κ1) is 10.2. The second kappa shape index (κ2) is 3.69. The Labute approximate surface area is 91.5 Å². The van der Waals surface area contributed by atoms with Gasteiger partial charge in [0.1, 0.15) is 11.6 Å². The van der Waals surface area contributed by atoms with Gasteiger partial charge in [-0.05, 0) is 30.7 Å². The molecular formula is C11H10N2O3. The van der Waals surface area contributed by atoms with Crippen LogP contribution in [0.15, 0.2) is 28.8 Å². The predicted molar refractivity (Wildman–Crippen MR) is 58.0 cm³/mol. The van der Waals surface area contributed by atoms with Crippen LogP contribution in [0.5, 0.6) is 0 Å². The lowest BCUT2D eigenvalue weighted by atomic mass is 10.1. The van der Waals surface area contributed by atoms with E-state index in [2.05, 4.69) is 4.98 Å². The molecule has 82 valence electrons. The maximum atomic E-state index is 10.6. The van der Waals surface area contributed by atoms with Crippen molar-refractivity contribution in [3.05, 3.63) is 35.7 Å². The van der Waals surface area contributed by atoms with Crippen LogP contribution >= 0.6 is 0 Å². The summed E-state index contributed by atoms with van der Waals surface area (Å²) in [5, 5.41) is 8.71. The van der Waals surface area contributed by atoms with Gasteiger partial charge >= 0.3 is 5.97 Å². The van der Waals surface area contributed by atoms with Crippen LogP contribution in [0.1, 0.15) is 16.1 Å². The van der Waals surface area contributed by atoms with Crippen LogP contribution in [0, 0.1) is 6.92 Å². The number of furan rings is 1. The average Bonchev–Trinajstić information content (AvgIpc) is 2.71. The van der Waals surface area contributed by atoms with E-state index in [1.807, 2.05) is 6.92 Å². The number of nitrogens with zero attached hydrogens (tertiary/aromatic N) is 1. The molecule has 5 nitrogen and oxygen atoms in total. The summed E-state index contributed by atoms with van der Waals surface area (Å²) in [6.07, 6.45) is 1.55. The van der Waals surface area contributed by atoms with Gasteiger partial charge in [0.25, 0.3) is 0 Å². The molecule has 0 amide bonds. The maximum Gasteiger partial charge on any atom is 0.371 e. The fourth-order valence-electron chi connectivity index (χ4n) is 1.33. The smallest absolute Gasteiger partial charge is 0.371 e. The number of nitrogens with two attached hydrogens (primary N) is 1. The molecule has 0 fully saturated rings. The number of anilines is 1. The van der Waals surface area contributed by atoms with Crippen LogP contribution in [0.4, 0.5) is 5.82 Å². The third-order valence-corrected chi connectivity index (χ3v) is 2.22. The summed E-state index contributed by atoms with van der Waals surface area (Å²) in [6, 6.07) is 4.80. The number of nitrogen functional groups attached to an aromatic ring is 1. The van der Waals surface area contributed by atoms with E-state index in [1.165, 1.54) is 6.07 Å². The largest absolute Gasteiger partial charge is 0.475 e. The second-order valence-electron chi connectivity index (χ2n) is 3.40. The molecule has 0 aliphatic heterocycles. The maximum absolute atomic E-state index is 10.6. The van der Waals surface area contributed by atoms with E-state index in [0.29, 0.717) is 17.1 Å². The quantitative estimate of drug-likeness (QED) is 0.803. The molecule has 2 aromatic heterocycles. The van der Waals surface area contributed by atoms with Gasteiger partial charge in [0, 0.05) is 11.8 Å². The highest BCUT2D eigenvalue weighted by Crippen LogP contribution is 2.23. The van der Waals surface area contributed by atoms with Crippen LogP contribution in [-0.4, -0.2) is 16.1 Å². The first-order valence-electron chi connectivity index (χ1n) is 4.63. The summed E-state index contributed by atoms with van der Waals surface area (Å²) < 4.78 is 5.15. The molecule has 0 aliphatic carbocycles. The predicted octanol–water partition coefficient (Wildman–Crippen LogP) is 1.93. The number of carboxylic acids is 1. The molecule has 16 heavy (non-hydrogen) atoms. The molecule has 0 atom stereocenters. The van der Waals surface area contributed by atoms with Crippen molar-refractivity contribution in [2.24, 2.45) is 0 Å². The fraction of sp³-hybridized carbons (Fsp3) is 0.0909. The van der Waals surface area contributed by atoms with Gasteiger partial charge in [0.05, 0.1) is 0 Å². The molecule has 5 heteroatoms. The zero-order valence-electron chi connectivity index (χ0n) is 8.60. The summed E-state index contributed by atoms with van der Waals surface area (Å²) >= 11 is 0. The molecule has 3 N–H and O–H groups in total. The summed E-state index contributed by atoms with van der Waals surface area (Å²) in [5.41, 5.74) is 7.12. The molecule has 0 saturated heterocycles.